The number of fused-ring (bicyclic) bond motifs is 1. The predicted molar refractivity (Wildman–Crippen MR) is 78.3 cm³/mol. The third-order valence-electron chi connectivity index (χ3n) is 2.72. The molecule has 1 N–H and O–H groups in total. The molecule has 96 valence electrons. The van der Waals surface area contributed by atoms with Crippen LogP contribution in [0.1, 0.15) is 26.3 Å². The molecule has 4 heteroatoms. The highest BCUT2D eigenvalue weighted by atomic mass is 79.9. The molecule has 0 fully saturated rings. The Kier molecular flexibility index (Phi) is 3.76. The summed E-state index contributed by atoms with van der Waals surface area (Å²) in [6.45, 7) is 6.00. The van der Waals surface area contributed by atoms with Gasteiger partial charge in [0.25, 0.3) is 0 Å². The largest absolute Gasteiger partial charge is 0.440 e. The van der Waals surface area contributed by atoms with Crippen LogP contribution in [0.4, 0.5) is 5.88 Å². The maximum Gasteiger partial charge on any atom is 0.200 e. The number of benzene rings is 1. The van der Waals surface area contributed by atoms with E-state index in [0.717, 1.165) is 4.47 Å². The van der Waals surface area contributed by atoms with Gasteiger partial charge in [0.15, 0.2) is 5.43 Å². The molecule has 0 unspecified atom stereocenters. The van der Waals surface area contributed by atoms with E-state index in [2.05, 4.69) is 21.2 Å². The van der Waals surface area contributed by atoms with E-state index >= 15 is 0 Å². The van der Waals surface area contributed by atoms with Crippen LogP contribution in [0.5, 0.6) is 0 Å². The molecule has 18 heavy (non-hydrogen) atoms. The Morgan fingerprint density at radius 1 is 1.39 bits per heavy atom. The van der Waals surface area contributed by atoms with Gasteiger partial charge in [0.05, 0.1) is 10.9 Å². The van der Waals surface area contributed by atoms with E-state index in [9.17, 15) is 4.79 Å². The fourth-order valence-electron chi connectivity index (χ4n) is 1.91. The molecule has 0 amide bonds. The minimum absolute atomic E-state index is 0.0446. The minimum atomic E-state index is 0.0446. The first-order valence-corrected chi connectivity index (χ1v) is 6.84. The smallest absolute Gasteiger partial charge is 0.200 e. The second kappa shape index (κ2) is 5.14. The molecule has 1 heterocycles. The summed E-state index contributed by atoms with van der Waals surface area (Å²) in [5, 5.41) is 3.81. The summed E-state index contributed by atoms with van der Waals surface area (Å²) in [7, 11) is 0. The van der Waals surface area contributed by atoms with Crippen LogP contribution in [0.25, 0.3) is 11.0 Å². The first kappa shape index (κ1) is 13.1. The third-order valence-corrected chi connectivity index (χ3v) is 3.21. The lowest BCUT2D eigenvalue weighted by molar-refractivity contribution is 0.598. The Balaban J connectivity index is 2.73. The molecule has 0 saturated carbocycles. The molecule has 0 atom stereocenters. The highest BCUT2D eigenvalue weighted by Gasteiger charge is 2.13. The van der Waals surface area contributed by atoms with Crippen molar-refractivity contribution in [3.8, 4) is 0 Å². The van der Waals surface area contributed by atoms with E-state index in [-0.39, 0.29) is 11.5 Å². The maximum atomic E-state index is 12.4. The average molecular weight is 310 g/mol. The van der Waals surface area contributed by atoms with Crippen molar-refractivity contribution in [3.63, 3.8) is 0 Å². The highest BCUT2D eigenvalue weighted by Crippen LogP contribution is 2.23. The molecule has 1 aromatic carbocycles. The van der Waals surface area contributed by atoms with Gasteiger partial charge in [-0.25, -0.2) is 0 Å². The lowest BCUT2D eigenvalue weighted by atomic mass is 10.1. The molecule has 0 radical (unpaired) electrons. The van der Waals surface area contributed by atoms with E-state index in [1.807, 2.05) is 32.9 Å². The number of hydrogen-bond acceptors (Lipinski definition) is 3. The second-order valence-corrected chi connectivity index (χ2v) is 5.45. The van der Waals surface area contributed by atoms with Gasteiger partial charge in [0, 0.05) is 10.5 Å². The van der Waals surface area contributed by atoms with E-state index < -0.39 is 0 Å². The van der Waals surface area contributed by atoms with Crippen molar-refractivity contribution in [1.82, 2.24) is 0 Å². The minimum Gasteiger partial charge on any atom is -0.440 e. The number of anilines is 1. The summed E-state index contributed by atoms with van der Waals surface area (Å²) >= 11 is 3.38. The Labute approximate surface area is 114 Å². The number of nitrogens with one attached hydrogen (secondary N) is 1. The topological polar surface area (TPSA) is 42.2 Å². The van der Waals surface area contributed by atoms with E-state index in [1.165, 1.54) is 0 Å². The normalized spacial score (nSPS) is 11.2. The Bertz CT molecular complexity index is 631. The average Bonchev–Trinajstić information content (AvgIpc) is 2.30. The summed E-state index contributed by atoms with van der Waals surface area (Å²) in [4.78, 5) is 12.4. The Hall–Kier alpha value is -1.29. The summed E-state index contributed by atoms with van der Waals surface area (Å²) < 4.78 is 6.68. The maximum absolute atomic E-state index is 12.4. The van der Waals surface area contributed by atoms with Gasteiger partial charge in [-0.15, -0.1) is 0 Å². The molecular weight excluding hydrogens is 294 g/mol. The van der Waals surface area contributed by atoms with Crippen molar-refractivity contribution in [1.29, 1.82) is 0 Å². The van der Waals surface area contributed by atoms with E-state index in [4.69, 9.17) is 4.42 Å². The van der Waals surface area contributed by atoms with Gasteiger partial charge < -0.3 is 9.73 Å². The van der Waals surface area contributed by atoms with Gasteiger partial charge in [-0.05, 0) is 38.5 Å². The van der Waals surface area contributed by atoms with Crippen LogP contribution in [0.15, 0.2) is 31.9 Å². The molecule has 0 saturated heterocycles. The van der Waals surface area contributed by atoms with Gasteiger partial charge >= 0.3 is 0 Å². The van der Waals surface area contributed by atoms with E-state index in [1.54, 1.807) is 6.07 Å². The first-order valence-electron chi connectivity index (χ1n) is 6.04. The third kappa shape index (κ3) is 2.43. The number of halogens is 1. The fraction of sp³-hybridized carbons (Fsp3) is 0.357. The molecule has 0 spiro atoms. The zero-order chi connectivity index (χ0) is 13.3. The lowest BCUT2D eigenvalue weighted by Gasteiger charge is -2.13. The predicted octanol–water partition coefficient (Wildman–Crippen LogP) is 3.94. The molecule has 0 aliphatic heterocycles. The first-order chi connectivity index (χ1) is 8.52. The molecule has 0 aliphatic carbocycles. The number of hydrogen-bond donors (Lipinski definition) is 1. The quantitative estimate of drug-likeness (QED) is 0.934. The van der Waals surface area contributed by atoms with Crippen LogP contribution in [-0.4, -0.2) is 6.04 Å². The van der Waals surface area contributed by atoms with Gasteiger partial charge in [-0.2, -0.15) is 0 Å². The summed E-state index contributed by atoms with van der Waals surface area (Å²) in [6, 6.07) is 5.72. The van der Waals surface area contributed by atoms with Crippen molar-refractivity contribution >= 4 is 32.8 Å². The molecule has 3 nitrogen and oxygen atoms in total. The summed E-state index contributed by atoms with van der Waals surface area (Å²) in [6.07, 6.45) is 0.653. The standard InChI is InChI=1S/C14H16BrNO2/c1-4-10-13(17)11-7-9(15)5-6-12(11)18-14(10)16-8(2)3/h5-8,16H,4H2,1-3H3. The highest BCUT2D eigenvalue weighted by molar-refractivity contribution is 9.10. The second-order valence-electron chi connectivity index (χ2n) is 4.53. The Morgan fingerprint density at radius 2 is 2.11 bits per heavy atom. The summed E-state index contributed by atoms with van der Waals surface area (Å²) in [5.74, 6) is 0.590. The fourth-order valence-corrected chi connectivity index (χ4v) is 2.27. The molecule has 2 aromatic rings. The van der Waals surface area contributed by atoms with Gasteiger partial charge in [0.2, 0.25) is 5.88 Å². The van der Waals surface area contributed by atoms with Gasteiger partial charge in [-0.1, -0.05) is 22.9 Å². The van der Waals surface area contributed by atoms with Crippen LogP contribution in [0.2, 0.25) is 0 Å². The Morgan fingerprint density at radius 3 is 2.72 bits per heavy atom. The van der Waals surface area contributed by atoms with Crippen LogP contribution >= 0.6 is 15.9 Å². The van der Waals surface area contributed by atoms with Crippen LogP contribution in [0.3, 0.4) is 0 Å². The van der Waals surface area contributed by atoms with Crippen LogP contribution in [-0.2, 0) is 6.42 Å². The van der Waals surface area contributed by atoms with Gasteiger partial charge in [-0.3, -0.25) is 4.79 Å². The SMILES string of the molecule is CCc1c(NC(C)C)oc2ccc(Br)cc2c1=O. The monoisotopic (exact) mass is 309 g/mol. The number of rotatable bonds is 3. The zero-order valence-electron chi connectivity index (χ0n) is 10.7. The molecule has 0 bridgehead atoms. The molecule has 1 aromatic heterocycles. The molecule has 0 aliphatic rings. The lowest BCUT2D eigenvalue weighted by Crippen LogP contribution is -2.17. The molecular formula is C14H16BrNO2. The van der Waals surface area contributed by atoms with Crippen LogP contribution in [0, 0.1) is 0 Å². The van der Waals surface area contributed by atoms with E-state index in [0.29, 0.717) is 28.8 Å². The van der Waals surface area contributed by atoms with Crippen LogP contribution < -0.4 is 10.7 Å². The van der Waals surface area contributed by atoms with Gasteiger partial charge in [0.1, 0.15) is 5.58 Å². The zero-order valence-corrected chi connectivity index (χ0v) is 12.3. The van der Waals surface area contributed by atoms with Crippen molar-refractivity contribution < 1.29 is 4.42 Å². The molecule has 2 rings (SSSR count). The van der Waals surface area contributed by atoms with Crippen molar-refractivity contribution in [2.45, 2.75) is 33.2 Å². The van der Waals surface area contributed by atoms with Crippen molar-refractivity contribution in [2.24, 2.45) is 0 Å². The van der Waals surface area contributed by atoms with Crippen molar-refractivity contribution in [3.05, 3.63) is 38.5 Å². The van der Waals surface area contributed by atoms with Crippen molar-refractivity contribution in [2.75, 3.05) is 5.32 Å². The summed E-state index contributed by atoms with van der Waals surface area (Å²) in [5.41, 5.74) is 1.36.